The average Bonchev–Trinajstić information content (AvgIpc) is 2.80. The van der Waals surface area contributed by atoms with Crippen molar-refractivity contribution in [2.24, 2.45) is 0 Å². The van der Waals surface area contributed by atoms with E-state index in [0.717, 1.165) is 0 Å². The van der Waals surface area contributed by atoms with Crippen molar-refractivity contribution in [1.29, 1.82) is 0 Å². The van der Waals surface area contributed by atoms with Crippen molar-refractivity contribution in [3.8, 4) is 0 Å². The molecule has 0 aliphatic rings. The van der Waals surface area contributed by atoms with Gasteiger partial charge in [-0.05, 0) is 12.5 Å². The summed E-state index contributed by atoms with van der Waals surface area (Å²) in [5.74, 6) is -1.32. The quantitative estimate of drug-likeness (QED) is 0.874. The maximum absolute atomic E-state index is 12.2. The molecule has 22 heavy (non-hydrogen) atoms. The fraction of sp³-hybridized carbons (Fsp3) is 0.357. The van der Waals surface area contributed by atoms with Gasteiger partial charge in [-0.15, -0.1) is 0 Å². The lowest BCUT2D eigenvalue weighted by Gasteiger charge is -2.19. The smallest absolute Gasteiger partial charge is 0.323 e. The highest BCUT2D eigenvalue weighted by molar-refractivity contribution is 6.36. The van der Waals surface area contributed by atoms with Crippen molar-refractivity contribution in [3.63, 3.8) is 0 Å². The third kappa shape index (κ3) is 3.90. The average molecular weight is 344 g/mol. The van der Waals surface area contributed by atoms with Gasteiger partial charge in [-0.1, -0.05) is 30.1 Å². The van der Waals surface area contributed by atoms with Gasteiger partial charge in [0.25, 0.3) is 0 Å². The minimum Gasteiger partial charge on any atom is -0.480 e. The number of fused-ring (bicyclic) bond motifs is 1. The van der Waals surface area contributed by atoms with Crippen LogP contribution in [0, 0.1) is 0 Å². The Morgan fingerprint density at radius 3 is 2.73 bits per heavy atom. The number of imidazole rings is 1. The monoisotopic (exact) mass is 343 g/mol. The van der Waals surface area contributed by atoms with Gasteiger partial charge in [-0.3, -0.25) is 9.59 Å². The molecule has 118 valence electrons. The van der Waals surface area contributed by atoms with Gasteiger partial charge in [0.05, 0.1) is 22.2 Å². The normalized spacial score (nSPS) is 10.9. The highest BCUT2D eigenvalue weighted by Crippen LogP contribution is 2.22. The van der Waals surface area contributed by atoms with Crippen LogP contribution < -0.4 is 0 Å². The second-order valence-electron chi connectivity index (χ2n) is 4.86. The zero-order valence-electron chi connectivity index (χ0n) is 11.9. The fourth-order valence-electron chi connectivity index (χ4n) is 2.15. The Bertz CT molecular complexity index is 715. The van der Waals surface area contributed by atoms with Gasteiger partial charge in [0.1, 0.15) is 6.54 Å². The van der Waals surface area contributed by atoms with Crippen molar-refractivity contribution < 1.29 is 14.7 Å². The lowest BCUT2D eigenvalue weighted by atomic mass is 10.2. The Kier molecular flexibility index (Phi) is 5.26. The number of nitrogens with zero attached hydrogens (tertiary/aromatic N) is 3. The maximum Gasteiger partial charge on any atom is 0.323 e. The van der Waals surface area contributed by atoms with Crippen LogP contribution >= 0.6 is 23.2 Å². The lowest BCUT2D eigenvalue weighted by molar-refractivity contribution is -0.144. The van der Waals surface area contributed by atoms with Crippen LogP contribution in [0.5, 0.6) is 0 Å². The molecule has 1 amide bonds. The van der Waals surface area contributed by atoms with E-state index in [-0.39, 0.29) is 18.9 Å². The summed E-state index contributed by atoms with van der Waals surface area (Å²) in [6.07, 6.45) is 4.01. The SMILES string of the molecule is CCCN(CC(=O)O)C(=O)Cc1cn2cc(Cl)cc(Cl)c2n1. The van der Waals surface area contributed by atoms with Crippen LogP contribution in [-0.4, -0.2) is 44.4 Å². The predicted molar refractivity (Wildman–Crippen MR) is 83.4 cm³/mol. The molecule has 2 heterocycles. The van der Waals surface area contributed by atoms with E-state index in [4.69, 9.17) is 28.3 Å². The molecule has 0 atom stereocenters. The minimum absolute atomic E-state index is 0.0168. The first-order valence-corrected chi connectivity index (χ1v) is 7.48. The first-order chi connectivity index (χ1) is 10.4. The number of carboxylic acids is 1. The third-order valence-corrected chi connectivity index (χ3v) is 3.51. The Labute approximate surface area is 137 Å². The first-order valence-electron chi connectivity index (χ1n) is 6.73. The summed E-state index contributed by atoms with van der Waals surface area (Å²) in [5, 5.41) is 9.72. The second-order valence-corrected chi connectivity index (χ2v) is 5.70. The summed E-state index contributed by atoms with van der Waals surface area (Å²) in [5.41, 5.74) is 1.02. The fourth-order valence-corrected chi connectivity index (χ4v) is 2.68. The molecule has 6 nitrogen and oxygen atoms in total. The standard InChI is InChI=1S/C14H15Cl2N3O3/c1-2-3-18(8-13(21)22)12(20)5-10-7-19-6-9(15)4-11(16)14(19)17-10/h4,6-7H,2-3,5,8H2,1H3,(H,21,22). The highest BCUT2D eigenvalue weighted by Gasteiger charge is 2.18. The number of carboxylic acid groups (broad SMARTS) is 1. The molecule has 2 aromatic heterocycles. The number of carbonyl (C=O) groups is 2. The molecule has 0 fully saturated rings. The van der Waals surface area contributed by atoms with Gasteiger partial charge in [-0.2, -0.15) is 0 Å². The van der Waals surface area contributed by atoms with E-state index >= 15 is 0 Å². The van der Waals surface area contributed by atoms with E-state index in [2.05, 4.69) is 4.98 Å². The van der Waals surface area contributed by atoms with Gasteiger partial charge in [0.15, 0.2) is 5.65 Å². The maximum atomic E-state index is 12.2. The molecular weight excluding hydrogens is 329 g/mol. The zero-order chi connectivity index (χ0) is 16.3. The topological polar surface area (TPSA) is 74.9 Å². The molecule has 2 aromatic rings. The number of hydrogen-bond donors (Lipinski definition) is 1. The van der Waals surface area contributed by atoms with Crippen molar-refractivity contribution in [2.45, 2.75) is 19.8 Å². The molecule has 0 radical (unpaired) electrons. The van der Waals surface area contributed by atoms with Crippen LogP contribution in [0.3, 0.4) is 0 Å². The highest BCUT2D eigenvalue weighted by atomic mass is 35.5. The van der Waals surface area contributed by atoms with Crippen LogP contribution in [0.2, 0.25) is 10.0 Å². The number of pyridine rings is 1. The number of halogens is 2. The van der Waals surface area contributed by atoms with Gasteiger partial charge in [-0.25, -0.2) is 4.98 Å². The number of rotatable bonds is 6. The van der Waals surface area contributed by atoms with Crippen molar-refractivity contribution >= 4 is 40.7 Å². The molecule has 0 unspecified atom stereocenters. The number of aliphatic carboxylic acids is 1. The summed E-state index contributed by atoms with van der Waals surface area (Å²) in [4.78, 5) is 28.6. The summed E-state index contributed by atoms with van der Waals surface area (Å²) in [6.45, 7) is 1.96. The van der Waals surface area contributed by atoms with Crippen molar-refractivity contribution in [2.75, 3.05) is 13.1 Å². The molecule has 0 aliphatic heterocycles. The van der Waals surface area contributed by atoms with Gasteiger partial charge >= 0.3 is 5.97 Å². The Morgan fingerprint density at radius 1 is 1.36 bits per heavy atom. The summed E-state index contributed by atoms with van der Waals surface area (Å²) < 4.78 is 1.65. The Morgan fingerprint density at radius 2 is 2.09 bits per heavy atom. The summed E-state index contributed by atoms with van der Waals surface area (Å²) >= 11 is 12.0. The molecule has 0 spiro atoms. The summed E-state index contributed by atoms with van der Waals surface area (Å²) in [6, 6.07) is 1.57. The molecule has 2 rings (SSSR count). The molecule has 1 N–H and O–H groups in total. The van der Waals surface area contributed by atoms with Crippen LogP contribution in [0.25, 0.3) is 5.65 Å². The van der Waals surface area contributed by atoms with Crippen molar-refractivity contribution in [1.82, 2.24) is 14.3 Å². The number of aromatic nitrogens is 2. The van der Waals surface area contributed by atoms with Crippen LogP contribution in [-0.2, 0) is 16.0 Å². The number of amides is 1. The largest absolute Gasteiger partial charge is 0.480 e. The van der Waals surface area contributed by atoms with E-state index in [0.29, 0.717) is 34.4 Å². The molecule has 0 aliphatic carbocycles. The molecule has 0 aromatic carbocycles. The van der Waals surface area contributed by atoms with E-state index in [1.54, 1.807) is 22.9 Å². The second kappa shape index (κ2) is 6.98. The predicted octanol–water partition coefficient (Wildman–Crippen LogP) is 2.51. The molecule has 0 saturated heterocycles. The van der Waals surface area contributed by atoms with Crippen LogP contribution in [0.15, 0.2) is 18.5 Å². The Hall–Kier alpha value is -1.79. The zero-order valence-corrected chi connectivity index (χ0v) is 13.4. The van der Waals surface area contributed by atoms with Crippen LogP contribution in [0.1, 0.15) is 19.0 Å². The van der Waals surface area contributed by atoms with Crippen LogP contribution in [0.4, 0.5) is 0 Å². The van der Waals surface area contributed by atoms with E-state index in [1.807, 2.05) is 6.92 Å². The first kappa shape index (κ1) is 16.6. The lowest BCUT2D eigenvalue weighted by Crippen LogP contribution is -2.37. The summed E-state index contributed by atoms with van der Waals surface area (Å²) in [7, 11) is 0. The number of hydrogen-bond acceptors (Lipinski definition) is 3. The van der Waals surface area contributed by atoms with Gasteiger partial charge in [0.2, 0.25) is 5.91 Å². The van der Waals surface area contributed by atoms with Gasteiger partial charge in [0, 0.05) is 18.9 Å². The van der Waals surface area contributed by atoms with E-state index in [1.165, 1.54) is 4.90 Å². The molecular formula is C14H15Cl2N3O3. The molecule has 0 bridgehead atoms. The third-order valence-electron chi connectivity index (χ3n) is 3.03. The Balaban J connectivity index is 2.20. The van der Waals surface area contributed by atoms with E-state index in [9.17, 15) is 9.59 Å². The van der Waals surface area contributed by atoms with E-state index < -0.39 is 5.97 Å². The molecule has 8 heteroatoms. The molecule has 0 saturated carbocycles. The minimum atomic E-state index is -1.04. The van der Waals surface area contributed by atoms with Gasteiger partial charge < -0.3 is 14.4 Å². The number of carbonyl (C=O) groups excluding carboxylic acids is 1. The van der Waals surface area contributed by atoms with Crippen molar-refractivity contribution in [3.05, 3.63) is 34.2 Å².